The second kappa shape index (κ2) is 3.53. The Morgan fingerprint density at radius 1 is 1.36 bits per heavy atom. The fraction of sp³-hybridized carbons (Fsp3) is 0.400. The van der Waals surface area contributed by atoms with Crippen LogP contribution in [0.1, 0.15) is 24.5 Å². The van der Waals surface area contributed by atoms with E-state index in [1.165, 1.54) is 0 Å². The Bertz CT molecular complexity index is 352. The van der Waals surface area contributed by atoms with Crippen molar-refractivity contribution in [2.75, 3.05) is 6.61 Å². The van der Waals surface area contributed by atoms with Gasteiger partial charge in [-0.3, -0.25) is 0 Å². The van der Waals surface area contributed by atoms with Gasteiger partial charge in [-0.05, 0) is 12.8 Å². The number of aliphatic hydroxyl groups excluding tert-OH is 1. The highest BCUT2D eigenvalue weighted by atomic mass is 19.1. The first kappa shape index (κ1) is 9.40. The lowest BCUT2D eigenvalue weighted by molar-refractivity contribution is 0.163. The Hall–Kier alpha value is -1.16. The normalized spacial score (nSPS) is 20.9. The van der Waals surface area contributed by atoms with Crippen LogP contribution in [-0.4, -0.2) is 11.7 Å². The summed E-state index contributed by atoms with van der Waals surface area (Å²) in [5.41, 5.74) is 0.0731. The highest BCUT2D eigenvalue weighted by molar-refractivity contribution is 5.37. The van der Waals surface area contributed by atoms with Crippen molar-refractivity contribution in [3.63, 3.8) is 0 Å². The molecule has 0 fully saturated rings. The second-order valence-electron chi connectivity index (χ2n) is 3.31. The number of fused-ring (bicyclic) bond motifs is 1. The van der Waals surface area contributed by atoms with Crippen LogP contribution in [0.15, 0.2) is 12.1 Å². The van der Waals surface area contributed by atoms with Gasteiger partial charge >= 0.3 is 0 Å². The van der Waals surface area contributed by atoms with Crippen molar-refractivity contribution >= 4 is 0 Å². The average Bonchev–Trinajstić information content (AvgIpc) is 2.27. The Labute approximate surface area is 80.1 Å². The fourth-order valence-corrected chi connectivity index (χ4v) is 1.61. The number of ether oxygens (including phenoxy) is 1. The molecule has 1 atom stereocenters. The van der Waals surface area contributed by atoms with Crippen LogP contribution in [0.3, 0.4) is 0 Å². The third-order valence-electron chi connectivity index (χ3n) is 2.27. The van der Waals surface area contributed by atoms with E-state index < -0.39 is 17.7 Å². The summed E-state index contributed by atoms with van der Waals surface area (Å²) < 4.78 is 31.2. The van der Waals surface area contributed by atoms with Gasteiger partial charge in [0, 0.05) is 12.1 Å². The molecule has 0 aromatic heterocycles. The smallest absolute Gasteiger partial charge is 0.135 e. The van der Waals surface area contributed by atoms with Crippen LogP contribution in [0.25, 0.3) is 0 Å². The monoisotopic (exact) mass is 200 g/mol. The first-order chi connectivity index (χ1) is 6.68. The summed E-state index contributed by atoms with van der Waals surface area (Å²) in [6.45, 7) is 0.382. The van der Waals surface area contributed by atoms with Crippen molar-refractivity contribution in [1.29, 1.82) is 0 Å². The third kappa shape index (κ3) is 1.57. The predicted octanol–water partition coefficient (Wildman–Crippen LogP) is 2.17. The van der Waals surface area contributed by atoms with E-state index in [4.69, 9.17) is 4.74 Å². The minimum absolute atomic E-state index is 0.0731. The van der Waals surface area contributed by atoms with Crippen LogP contribution >= 0.6 is 0 Å². The molecule has 0 spiro atoms. The molecule has 1 aromatic rings. The summed E-state index contributed by atoms with van der Waals surface area (Å²) in [6.07, 6.45) is 0.181. The van der Waals surface area contributed by atoms with Gasteiger partial charge < -0.3 is 9.84 Å². The number of benzene rings is 1. The molecule has 0 saturated heterocycles. The van der Waals surface area contributed by atoms with Gasteiger partial charge in [0.2, 0.25) is 0 Å². The number of hydrogen-bond acceptors (Lipinski definition) is 2. The van der Waals surface area contributed by atoms with Gasteiger partial charge in [-0.2, -0.15) is 0 Å². The predicted molar refractivity (Wildman–Crippen MR) is 46.0 cm³/mol. The lowest BCUT2D eigenvalue weighted by Gasteiger charge is -2.11. The van der Waals surface area contributed by atoms with E-state index in [-0.39, 0.29) is 11.3 Å². The van der Waals surface area contributed by atoms with Crippen molar-refractivity contribution in [3.05, 3.63) is 29.3 Å². The molecule has 1 aliphatic rings. The topological polar surface area (TPSA) is 29.5 Å². The third-order valence-corrected chi connectivity index (χ3v) is 2.27. The first-order valence-corrected chi connectivity index (χ1v) is 4.48. The highest BCUT2D eigenvalue weighted by Crippen LogP contribution is 2.34. The Morgan fingerprint density at radius 2 is 2.14 bits per heavy atom. The van der Waals surface area contributed by atoms with E-state index in [1.807, 2.05) is 0 Å². The van der Waals surface area contributed by atoms with Gasteiger partial charge in [0.15, 0.2) is 0 Å². The maximum atomic E-state index is 13.3. The molecule has 2 nitrogen and oxygen atoms in total. The van der Waals surface area contributed by atoms with Crippen LogP contribution in [0.5, 0.6) is 5.75 Å². The molecule has 1 heterocycles. The molecular formula is C10H10F2O2. The molecule has 4 heteroatoms. The molecule has 14 heavy (non-hydrogen) atoms. The molecule has 0 radical (unpaired) electrons. The zero-order valence-corrected chi connectivity index (χ0v) is 7.46. The van der Waals surface area contributed by atoms with Gasteiger partial charge in [-0.25, -0.2) is 8.78 Å². The van der Waals surface area contributed by atoms with E-state index in [2.05, 4.69) is 0 Å². The summed E-state index contributed by atoms with van der Waals surface area (Å²) >= 11 is 0. The molecule has 76 valence electrons. The SMILES string of the molecule is O[C@H]1CCCOc2cc(F)cc(F)c21. The maximum Gasteiger partial charge on any atom is 0.135 e. The largest absolute Gasteiger partial charge is 0.493 e. The summed E-state index contributed by atoms with van der Waals surface area (Å²) in [5, 5.41) is 9.57. The molecule has 1 aromatic carbocycles. The van der Waals surface area contributed by atoms with Gasteiger partial charge in [0.1, 0.15) is 17.4 Å². The van der Waals surface area contributed by atoms with E-state index in [0.29, 0.717) is 19.4 Å². The van der Waals surface area contributed by atoms with E-state index in [1.54, 1.807) is 0 Å². The van der Waals surface area contributed by atoms with Gasteiger partial charge in [0.05, 0.1) is 18.3 Å². The first-order valence-electron chi connectivity index (χ1n) is 4.48. The van der Waals surface area contributed by atoms with E-state index >= 15 is 0 Å². The van der Waals surface area contributed by atoms with Crippen molar-refractivity contribution in [3.8, 4) is 5.75 Å². The van der Waals surface area contributed by atoms with Crippen LogP contribution in [0.2, 0.25) is 0 Å². The Morgan fingerprint density at radius 3 is 2.93 bits per heavy atom. The Kier molecular flexibility index (Phi) is 2.37. The number of rotatable bonds is 0. The summed E-state index contributed by atoms with van der Waals surface area (Å²) in [6, 6.07) is 1.86. The molecule has 1 N–H and O–H groups in total. The molecular weight excluding hydrogens is 190 g/mol. The molecule has 0 aliphatic carbocycles. The van der Waals surface area contributed by atoms with Gasteiger partial charge in [-0.15, -0.1) is 0 Å². The zero-order valence-electron chi connectivity index (χ0n) is 7.46. The van der Waals surface area contributed by atoms with Crippen LogP contribution < -0.4 is 4.74 Å². The highest BCUT2D eigenvalue weighted by Gasteiger charge is 2.22. The fourth-order valence-electron chi connectivity index (χ4n) is 1.61. The van der Waals surface area contributed by atoms with Gasteiger partial charge in [0.25, 0.3) is 0 Å². The van der Waals surface area contributed by atoms with Crippen LogP contribution in [-0.2, 0) is 0 Å². The average molecular weight is 200 g/mol. The Balaban J connectivity index is 2.53. The number of aliphatic hydroxyl groups is 1. The molecule has 0 unspecified atom stereocenters. The van der Waals surface area contributed by atoms with Crippen molar-refractivity contribution < 1.29 is 18.6 Å². The minimum Gasteiger partial charge on any atom is -0.493 e. The summed E-state index contributed by atoms with van der Waals surface area (Å²) in [4.78, 5) is 0. The van der Waals surface area contributed by atoms with Crippen molar-refractivity contribution in [2.45, 2.75) is 18.9 Å². The number of halogens is 2. The summed E-state index contributed by atoms with van der Waals surface area (Å²) in [5.74, 6) is -1.31. The van der Waals surface area contributed by atoms with Gasteiger partial charge in [-0.1, -0.05) is 0 Å². The molecule has 0 bridgehead atoms. The summed E-state index contributed by atoms with van der Waals surface area (Å²) in [7, 11) is 0. The molecule has 0 amide bonds. The lowest BCUT2D eigenvalue weighted by Crippen LogP contribution is -2.01. The molecule has 2 rings (SSSR count). The van der Waals surface area contributed by atoms with E-state index in [0.717, 1.165) is 12.1 Å². The molecule has 1 aliphatic heterocycles. The maximum absolute atomic E-state index is 13.3. The van der Waals surface area contributed by atoms with Crippen LogP contribution in [0.4, 0.5) is 8.78 Å². The zero-order chi connectivity index (χ0) is 10.1. The van der Waals surface area contributed by atoms with Crippen LogP contribution in [0, 0.1) is 11.6 Å². The minimum atomic E-state index is -0.895. The standard InChI is InChI=1S/C10H10F2O2/c11-6-4-7(12)10-8(13)2-1-3-14-9(10)5-6/h4-5,8,13H,1-3H2/t8-/m0/s1. The van der Waals surface area contributed by atoms with Crippen molar-refractivity contribution in [1.82, 2.24) is 0 Å². The van der Waals surface area contributed by atoms with E-state index in [9.17, 15) is 13.9 Å². The quantitative estimate of drug-likeness (QED) is 0.695. The molecule has 0 saturated carbocycles. The number of hydrogen-bond donors (Lipinski definition) is 1. The second-order valence-corrected chi connectivity index (χ2v) is 3.31. The van der Waals surface area contributed by atoms with Crippen molar-refractivity contribution in [2.24, 2.45) is 0 Å². The lowest BCUT2D eigenvalue weighted by atomic mass is 10.0.